The molecule has 166 valence electrons. The Hall–Kier alpha value is -3.22. The molecule has 0 saturated carbocycles. The fraction of sp³-hybridized carbons (Fsp3) is 0.167. The number of carboxylic acid groups (broad SMARTS) is 1. The van der Waals surface area contributed by atoms with Gasteiger partial charge in [0.15, 0.2) is 0 Å². The second-order valence-electron chi connectivity index (χ2n) is 6.90. The van der Waals surface area contributed by atoms with Gasteiger partial charge in [-0.2, -0.15) is 0 Å². The van der Waals surface area contributed by atoms with Gasteiger partial charge in [0.1, 0.15) is 17.5 Å². The molecule has 2 N–H and O–H groups in total. The summed E-state index contributed by atoms with van der Waals surface area (Å²) in [5.41, 5.74) is 2.34. The summed E-state index contributed by atoms with van der Waals surface area (Å²) in [6.45, 7) is 0. The Kier molecular flexibility index (Phi) is 7.62. The minimum atomic E-state index is -1.20. The van der Waals surface area contributed by atoms with Crippen molar-refractivity contribution in [2.45, 2.75) is 12.5 Å². The van der Waals surface area contributed by atoms with E-state index >= 15 is 0 Å². The Morgan fingerprint density at radius 1 is 0.906 bits per heavy atom. The maximum Gasteiger partial charge on any atom is 0.326 e. The highest BCUT2D eigenvalue weighted by Gasteiger charge is 2.24. The molecule has 0 fully saturated rings. The van der Waals surface area contributed by atoms with Crippen LogP contribution in [-0.4, -0.2) is 37.2 Å². The summed E-state index contributed by atoms with van der Waals surface area (Å²) in [4.78, 5) is 24.5. The Morgan fingerprint density at radius 3 is 2.16 bits per heavy atom. The highest BCUT2D eigenvalue weighted by atomic mass is 35.5. The van der Waals surface area contributed by atoms with Crippen LogP contribution in [0, 0.1) is 0 Å². The highest BCUT2D eigenvalue weighted by molar-refractivity contribution is 6.39. The number of para-hydroxylation sites is 1. The van der Waals surface area contributed by atoms with Gasteiger partial charge in [0, 0.05) is 17.5 Å². The zero-order valence-electron chi connectivity index (χ0n) is 17.4. The van der Waals surface area contributed by atoms with E-state index in [2.05, 4.69) is 5.32 Å². The lowest BCUT2D eigenvalue weighted by Gasteiger charge is -2.18. The molecule has 0 heterocycles. The molecule has 0 aliphatic carbocycles. The average molecular weight is 474 g/mol. The molecule has 8 heteroatoms. The number of ether oxygens (including phenoxy) is 2. The normalized spacial score (nSPS) is 11.5. The minimum Gasteiger partial charge on any atom is -0.496 e. The van der Waals surface area contributed by atoms with Gasteiger partial charge in [0.2, 0.25) is 0 Å². The maximum atomic E-state index is 12.6. The van der Waals surface area contributed by atoms with Crippen LogP contribution < -0.4 is 14.8 Å². The van der Waals surface area contributed by atoms with Gasteiger partial charge in [-0.05, 0) is 29.8 Å². The zero-order chi connectivity index (χ0) is 23.3. The molecule has 3 rings (SSSR count). The number of carboxylic acids is 1. The second-order valence-corrected chi connectivity index (χ2v) is 7.71. The summed E-state index contributed by atoms with van der Waals surface area (Å²) in [5.74, 6) is -0.609. The SMILES string of the molecule is COc1ccccc1-c1ccc(CC(NC(=O)c2c(Cl)cccc2Cl)C(=O)O)cc1OC. The fourth-order valence-electron chi connectivity index (χ4n) is 3.33. The quantitative estimate of drug-likeness (QED) is 0.475. The van der Waals surface area contributed by atoms with E-state index in [4.69, 9.17) is 32.7 Å². The van der Waals surface area contributed by atoms with Crippen LogP contribution in [0.5, 0.6) is 11.5 Å². The topological polar surface area (TPSA) is 84.9 Å². The van der Waals surface area contributed by atoms with E-state index in [1.807, 2.05) is 30.3 Å². The molecule has 3 aromatic rings. The monoisotopic (exact) mass is 473 g/mol. The van der Waals surface area contributed by atoms with Crippen LogP contribution >= 0.6 is 23.2 Å². The Morgan fingerprint density at radius 2 is 1.53 bits per heavy atom. The van der Waals surface area contributed by atoms with Crippen LogP contribution in [0.15, 0.2) is 60.7 Å². The predicted molar refractivity (Wildman–Crippen MR) is 124 cm³/mol. The van der Waals surface area contributed by atoms with E-state index < -0.39 is 17.9 Å². The number of rotatable bonds is 8. The largest absolute Gasteiger partial charge is 0.496 e. The van der Waals surface area contributed by atoms with E-state index in [1.54, 1.807) is 25.3 Å². The van der Waals surface area contributed by atoms with Crippen molar-refractivity contribution in [3.8, 4) is 22.6 Å². The van der Waals surface area contributed by atoms with Crippen molar-refractivity contribution in [3.63, 3.8) is 0 Å². The first-order valence-electron chi connectivity index (χ1n) is 9.63. The molecule has 3 aromatic carbocycles. The van der Waals surface area contributed by atoms with E-state index in [0.717, 1.165) is 11.1 Å². The van der Waals surface area contributed by atoms with E-state index in [9.17, 15) is 14.7 Å². The number of benzene rings is 3. The summed E-state index contributed by atoms with van der Waals surface area (Å²) >= 11 is 12.1. The van der Waals surface area contributed by atoms with Crippen molar-refractivity contribution in [1.29, 1.82) is 0 Å². The summed E-state index contributed by atoms with van der Waals surface area (Å²) < 4.78 is 11.0. The zero-order valence-corrected chi connectivity index (χ0v) is 18.9. The third-order valence-corrected chi connectivity index (χ3v) is 5.53. The Labute approximate surface area is 195 Å². The van der Waals surface area contributed by atoms with Crippen LogP contribution in [0.1, 0.15) is 15.9 Å². The van der Waals surface area contributed by atoms with Crippen molar-refractivity contribution in [2.75, 3.05) is 14.2 Å². The first kappa shape index (κ1) is 23.4. The maximum absolute atomic E-state index is 12.6. The number of hydrogen-bond donors (Lipinski definition) is 2. The number of halogens is 2. The number of methoxy groups -OCH3 is 2. The van der Waals surface area contributed by atoms with Gasteiger partial charge in [0.25, 0.3) is 5.91 Å². The lowest BCUT2D eigenvalue weighted by molar-refractivity contribution is -0.139. The van der Waals surface area contributed by atoms with Gasteiger partial charge in [-0.3, -0.25) is 4.79 Å². The Balaban J connectivity index is 1.87. The molecule has 32 heavy (non-hydrogen) atoms. The van der Waals surface area contributed by atoms with Crippen LogP contribution in [0.4, 0.5) is 0 Å². The van der Waals surface area contributed by atoms with Crippen molar-refractivity contribution in [2.24, 2.45) is 0 Å². The molecule has 1 unspecified atom stereocenters. The molecule has 0 bridgehead atoms. The first-order chi connectivity index (χ1) is 15.3. The summed E-state index contributed by atoms with van der Waals surface area (Å²) in [6.07, 6.45) is 0.0334. The molecule has 1 atom stereocenters. The predicted octanol–water partition coefficient (Wildman–Crippen LogP) is 5.10. The minimum absolute atomic E-state index is 0.0334. The van der Waals surface area contributed by atoms with Crippen molar-refractivity contribution < 1.29 is 24.2 Å². The molecule has 0 spiro atoms. The Bertz CT molecular complexity index is 1130. The van der Waals surface area contributed by atoms with Gasteiger partial charge >= 0.3 is 5.97 Å². The van der Waals surface area contributed by atoms with Crippen LogP contribution in [0.3, 0.4) is 0 Å². The third-order valence-electron chi connectivity index (χ3n) is 4.90. The van der Waals surface area contributed by atoms with Gasteiger partial charge < -0.3 is 19.9 Å². The molecule has 0 radical (unpaired) electrons. The smallest absolute Gasteiger partial charge is 0.326 e. The van der Waals surface area contributed by atoms with Crippen LogP contribution in [-0.2, 0) is 11.2 Å². The number of nitrogens with one attached hydrogen (secondary N) is 1. The summed E-state index contributed by atoms with van der Waals surface area (Å²) in [6, 6.07) is 16.3. The summed E-state index contributed by atoms with van der Waals surface area (Å²) in [5, 5.41) is 12.4. The van der Waals surface area contributed by atoms with E-state index in [1.165, 1.54) is 19.2 Å². The number of carbonyl (C=O) groups is 2. The molecule has 0 aliphatic heterocycles. The average Bonchev–Trinajstić information content (AvgIpc) is 2.78. The van der Waals surface area contributed by atoms with E-state index in [-0.39, 0.29) is 22.0 Å². The van der Waals surface area contributed by atoms with E-state index in [0.29, 0.717) is 17.1 Å². The number of carbonyl (C=O) groups excluding carboxylic acids is 1. The number of amides is 1. The van der Waals surface area contributed by atoms with Gasteiger partial charge in [-0.25, -0.2) is 4.79 Å². The molecule has 0 aromatic heterocycles. The van der Waals surface area contributed by atoms with Gasteiger partial charge in [0.05, 0.1) is 29.8 Å². The van der Waals surface area contributed by atoms with Gasteiger partial charge in [-0.15, -0.1) is 0 Å². The molecule has 0 saturated heterocycles. The lowest BCUT2D eigenvalue weighted by atomic mass is 9.98. The lowest BCUT2D eigenvalue weighted by Crippen LogP contribution is -2.42. The third kappa shape index (κ3) is 5.15. The van der Waals surface area contributed by atoms with Crippen molar-refractivity contribution in [3.05, 3.63) is 81.8 Å². The standard InChI is InChI=1S/C24H21Cl2NO5/c1-31-20-9-4-3-6-15(20)16-11-10-14(13-21(16)32-2)12-19(24(29)30)27-23(28)22-17(25)7-5-8-18(22)26/h3-11,13,19H,12H2,1-2H3,(H,27,28)(H,29,30). The number of hydrogen-bond acceptors (Lipinski definition) is 4. The fourth-order valence-corrected chi connectivity index (χ4v) is 3.90. The molecule has 1 amide bonds. The van der Waals surface area contributed by atoms with Crippen LogP contribution in [0.2, 0.25) is 10.0 Å². The summed E-state index contributed by atoms with van der Waals surface area (Å²) in [7, 11) is 3.12. The molecular formula is C24H21Cl2NO5. The molecule has 0 aliphatic rings. The van der Waals surface area contributed by atoms with Crippen molar-refractivity contribution >= 4 is 35.1 Å². The molecular weight excluding hydrogens is 453 g/mol. The van der Waals surface area contributed by atoms with Crippen LogP contribution in [0.25, 0.3) is 11.1 Å². The van der Waals surface area contributed by atoms with Crippen molar-refractivity contribution in [1.82, 2.24) is 5.32 Å². The van der Waals surface area contributed by atoms with Gasteiger partial charge in [-0.1, -0.05) is 59.6 Å². The number of aliphatic carboxylic acids is 1. The molecule has 6 nitrogen and oxygen atoms in total. The second kappa shape index (κ2) is 10.4. The highest BCUT2D eigenvalue weighted by Crippen LogP contribution is 2.37. The first-order valence-corrected chi connectivity index (χ1v) is 10.4.